The maximum atomic E-state index is 2.38. The lowest BCUT2D eigenvalue weighted by Gasteiger charge is -2.34. The maximum absolute atomic E-state index is 2.59. The average molecular weight is 732 g/mol. The van der Waals surface area contributed by atoms with Crippen LogP contribution >= 0.6 is 0 Å². The fourth-order valence-electron chi connectivity index (χ4n) is 8.17. The van der Waals surface area contributed by atoms with Gasteiger partial charge in [0.15, 0.2) is 8.07 Å². The van der Waals surface area contributed by atoms with E-state index in [1.807, 2.05) is 0 Å². The highest BCUT2D eigenvalue weighted by atomic mass is 28.3. The molecule has 0 spiro atoms. The van der Waals surface area contributed by atoms with Gasteiger partial charge >= 0.3 is 0 Å². The molecule has 0 aliphatic carbocycles. The first kappa shape index (κ1) is 34.7. The number of hydrogen-bond acceptors (Lipinski definition) is 1. The third kappa shape index (κ3) is 6.68. The van der Waals surface area contributed by atoms with E-state index in [0.717, 1.165) is 17.1 Å². The number of para-hydroxylation sites is 1. The first-order chi connectivity index (χ1) is 27.8. The predicted octanol–water partition coefficient (Wildman–Crippen LogP) is 11.5. The van der Waals surface area contributed by atoms with E-state index >= 15 is 0 Å². The highest BCUT2D eigenvalue weighted by molar-refractivity contribution is 7.19. The Labute approximate surface area is 331 Å². The normalized spacial score (nSPS) is 11.2. The monoisotopic (exact) mass is 731 g/mol. The van der Waals surface area contributed by atoms with Crippen LogP contribution in [0.3, 0.4) is 0 Å². The molecule has 0 atom stereocenters. The van der Waals surface area contributed by atoms with Crippen molar-refractivity contribution in [3.8, 4) is 33.4 Å². The van der Waals surface area contributed by atoms with Gasteiger partial charge in [-0.2, -0.15) is 0 Å². The highest BCUT2D eigenvalue weighted by Crippen LogP contribution is 2.43. The van der Waals surface area contributed by atoms with E-state index in [4.69, 9.17) is 0 Å². The molecule has 9 aromatic rings. The lowest BCUT2D eigenvalue weighted by molar-refractivity contribution is 1.28. The lowest BCUT2D eigenvalue weighted by Crippen LogP contribution is -2.74. The number of hydrogen-bond donors (Lipinski definition) is 0. The zero-order valence-electron chi connectivity index (χ0n) is 31.1. The Morgan fingerprint density at radius 2 is 0.589 bits per heavy atom. The molecule has 9 rings (SSSR count). The van der Waals surface area contributed by atoms with Gasteiger partial charge in [-0.05, 0) is 85.0 Å². The summed E-state index contributed by atoms with van der Waals surface area (Å²) < 4.78 is 0. The molecule has 0 aliphatic rings. The van der Waals surface area contributed by atoms with Gasteiger partial charge in [-0.15, -0.1) is 0 Å². The molecule has 0 aromatic heterocycles. The van der Waals surface area contributed by atoms with Crippen molar-refractivity contribution >= 4 is 45.9 Å². The zero-order valence-corrected chi connectivity index (χ0v) is 32.1. The van der Waals surface area contributed by atoms with Gasteiger partial charge in [-0.3, -0.25) is 0 Å². The van der Waals surface area contributed by atoms with Crippen molar-refractivity contribution in [2.24, 2.45) is 0 Å². The summed E-state index contributed by atoms with van der Waals surface area (Å²) >= 11 is 0. The second kappa shape index (κ2) is 15.8. The summed E-state index contributed by atoms with van der Waals surface area (Å²) in [5, 5.41) is 5.50. The molecule has 1 nitrogen and oxygen atoms in total. The topological polar surface area (TPSA) is 3.24 Å². The van der Waals surface area contributed by atoms with Gasteiger partial charge in [0.25, 0.3) is 0 Å². The van der Waals surface area contributed by atoms with Crippen molar-refractivity contribution in [3.63, 3.8) is 0 Å². The number of benzene rings is 9. The summed E-state index contributed by atoms with van der Waals surface area (Å²) in [7, 11) is -2.59. The van der Waals surface area contributed by atoms with Gasteiger partial charge in [-0.1, -0.05) is 212 Å². The summed E-state index contributed by atoms with van der Waals surface area (Å²) in [6, 6.07) is 90.6. The molecule has 9 aromatic carbocycles. The van der Waals surface area contributed by atoms with Crippen molar-refractivity contribution in [3.05, 3.63) is 249 Å². The summed E-state index contributed by atoms with van der Waals surface area (Å²) in [6.07, 6.45) is 0. The van der Waals surface area contributed by atoms with Gasteiger partial charge in [0.05, 0.1) is 5.69 Å². The Hall–Kier alpha value is -7.00. The summed E-state index contributed by atoms with van der Waals surface area (Å²) in [6.45, 7) is 0. The zero-order chi connectivity index (χ0) is 37.6. The van der Waals surface area contributed by atoms with Crippen LogP contribution in [0.4, 0.5) is 17.1 Å². The summed E-state index contributed by atoms with van der Waals surface area (Å²) in [5.41, 5.74) is 10.5. The molecule has 0 amide bonds. The second-order valence-corrected chi connectivity index (χ2v) is 17.9. The van der Waals surface area contributed by atoms with Crippen LogP contribution in [-0.2, 0) is 0 Å². The molecule has 0 unspecified atom stereocenters. The van der Waals surface area contributed by atoms with Crippen LogP contribution in [0.15, 0.2) is 249 Å². The molecule has 0 saturated carbocycles. The van der Waals surface area contributed by atoms with E-state index in [1.54, 1.807) is 0 Å². The maximum Gasteiger partial charge on any atom is 0.179 e. The van der Waals surface area contributed by atoms with Crippen LogP contribution in [0.25, 0.3) is 33.4 Å². The quantitative estimate of drug-likeness (QED) is 0.1000. The van der Waals surface area contributed by atoms with Crippen LogP contribution in [0.5, 0.6) is 0 Å². The third-order valence-electron chi connectivity index (χ3n) is 10.8. The second-order valence-electron chi connectivity index (χ2n) is 14.1. The predicted molar refractivity (Wildman–Crippen MR) is 241 cm³/mol. The van der Waals surface area contributed by atoms with E-state index in [2.05, 4.69) is 254 Å². The minimum absolute atomic E-state index is 1.10. The summed E-state index contributed by atoms with van der Waals surface area (Å²) in [4.78, 5) is 2.38. The van der Waals surface area contributed by atoms with Crippen molar-refractivity contribution in [1.29, 1.82) is 0 Å². The Morgan fingerprint density at radius 1 is 0.250 bits per heavy atom. The van der Waals surface area contributed by atoms with E-state index in [-0.39, 0.29) is 0 Å². The smallest absolute Gasteiger partial charge is 0.179 e. The fourth-order valence-corrected chi connectivity index (χ4v) is 12.9. The van der Waals surface area contributed by atoms with Crippen LogP contribution in [-0.4, -0.2) is 8.07 Å². The molecule has 0 radical (unpaired) electrons. The van der Waals surface area contributed by atoms with Crippen LogP contribution in [0, 0.1) is 0 Å². The molecule has 266 valence electrons. The Kier molecular flexibility index (Phi) is 9.78. The van der Waals surface area contributed by atoms with E-state index in [9.17, 15) is 0 Å². The van der Waals surface area contributed by atoms with Crippen LogP contribution < -0.4 is 25.6 Å². The molecular weight excluding hydrogens is 691 g/mol. The number of anilines is 3. The van der Waals surface area contributed by atoms with Gasteiger partial charge in [0.2, 0.25) is 0 Å². The molecule has 0 saturated heterocycles. The Balaban J connectivity index is 1.12. The Morgan fingerprint density at radius 3 is 1.07 bits per heavy atom. The van der Waals surface area contributed by atoms with Crippen molar-refractivity contribution in [2.75, 3.05) is 4.90 Å². The molecule has 0 aliphatic heterocycles. The van der Waals surface area contributed by atoms with E-state index in [0.29, 0.717) is 0 Å². The first-order valence-corrected chi connectivity index (χ1v) is 21.3. The first-order valence-electron chi connectivity index (χ1n) is 19.3. The SMILES string of the molecule is c1ccc(-c2ccc(N(c3ccccc3)c3ccc(-c4ccc([Si](c5ccccc5)(c5ccccc5)c5ccccc5)cc4)cc3)c(-c3ccccc3)c2)cc1. The fraction of sp³-hybridized carbons (Fsp3) is 0. The third-order valence-corrected chi connectivity index (χ3v) is 15.6. The van der Waals surface area contributed by atoms with Gasteiger partial charge < -0.3 is 4.90 Å². The largest absolute Gasteiger partial charge is 0.310 e. The average Bonchev–Trinajstić information content (AvgIpc) is 3.29. The van der Waals surface area contributed by atoms with E-state index in [1.165, 1.54) is 54.1 Å². The van der Waals surface area contributed by atoms with Gasteiger partial charge in [-0.25, -0.2) is 0 Å². The highest BCUT2D eigenvalue weighted by Gasteiger charge is 2.41. The molecule has 0 bridgehead atoms. The minimum atomic E-state index is -2.59. The minimum Gasteiger partial charge on any atom is -0.310 e. The molecule has 0 heterocycles. The van der Waals surface area contributed by atoms with Crippen molar-refractivity contribution < 1.29 is 0 Å². The molecular formula is C54H41NSi. The van der Waals surface area contributed by atoms with Crippen LogP contribution in [0.1, 0.15) is 0 Å². The van der Waals surface area contributed by atoms with Gasteiger partial charge in [0, 0.05) is 16.9 Å². The Bertz CT molecular complexity index is 2530. The van der Waals surface area contributed by atoms with Gasteiger partial charge in [0.1, 0.15) is 0 Å². The van der Waals surface area contributed by atoms with Crippen molar-refractivity contribution in [1.82, 2.24) is 0 Å². The van der Waals surface area contributed by atoms with Crippen LogP contribution in [0.2, 0.25) is 0 Å². The number of nitrogens with zero attached hydrogens (tertiary/aromatic N) is 1. The lowest BCUT2D eigenvalue weighted by atomic mass is 9.96. The molecule has 0 N–H and O–H groups in total. The van der Waals surface area contributed by atoms with E-state index < -0.39 is 8.07 Å². The number of rotatable bonds is 10. The molecule has 2 heteroatoms. The molecule has 0 fully saturated rings. The molecule has 56 heavy (non-hydrogen) atoms. The standard InChI is InChI=1S/C54H41NSi/c1-7-19-42(20-8-1)46-35-40-54(53(41-46)45-21-9-2-10-22-45)55(47-23-11-3-12-24-47)48-36-31-43(32-37-48)44-33-38-52(39-34-44)56(49-25-13-4-14-26-49,50-27-15-5-16-28-50)51-29-17-6-18-30-51/h1-41H. The van der Waals surface area contributed by atoms with Crippen molar-refractivity contribution in [2.45, 2.75) is 0 Å². The summed E-state index contributed by atoms with van der Waals surface area (Å²) in [5.74, 6) is 0.